The van der Waals surface area contributed by atoms with E-state index in [-0.39, 0.29) is 24.0 Å². The average Bonchev–Trinajstić information content (AvgIpc) is 3.04. The number of aliphatic imine (C=N–C) groups is 1. The predicted molar refractivity (Wildman–Crippen MR) is 104 cm³/mol. The van der Waals surface area contributed by atoms with Crippen molar-refractivity contribution in [2.24, 2.45) is 4.99 Å². The molecular formula is C20H16BrNO5. The van der Waals surface area contributed by atoms with Crippen LogP contribution in [0.25, 0.3) is 6.08 Å². The highest BCUT2D eigenvalue weighted by molar-refractivity contribution is 9.10. The van der Waals surface area contributed by atoms with Crippen LogP contribution in [0, 0.1) is 0 Å². The molecule has 0 amide bonds. The van der Waals surface area contributed by atoms with E-state index in [1.807, 2.05) is 0 Å². The first-order valence-electron chi connectivity index (χ1n) is 8.17. The van der Waals surface area contributed by atoms with Crippen LogP contribution in [0.15, 0.2) is 57.6 Å². The van der Waals surface area contributed by atoms with Crippen molar-refractivity contribution >= 4 is 39.8 Å². The molecule has 3 rings (SSSR count). The van der Waals surface area contributed by atoms with E-state index in [0.29, 0.717) is 22.6 Å². The lowest BCUT2D eigenvalue weighted by atomic mass is 10.1. The van der Waals surface area contributed by atoms with Crippen molar-refractivity contribution in [2.45, 2.75) is 13.3 Å². The third-order valence-electron chi connectivity index (χ3n) is 3.71. The first-order valence-corrected chi connectivity index (χ1v) is 8.96. The first kappa shape index (κ1) is 18.8. The zero-order chi connectivity index (χ0) is 19.4. The molecule has 0 aliphatic carbocycles. The van der Waals surface area contributed by atoms with Gasteiger partial charge >= 0.3 is 11.9 Å². The van der Waals surface area contributed by atoms with Crippen molar-refractivity contribution in [3.63, 3.8) is 0 Å². The minimum Gasteiger partial charge on any atom is -0.497 e. The Kier molecular flexibility index (Phi) is 5.71. The van der Waals surface area contributed by atoms with Crippen molar-refractivity contribution in [1.82, 2.24) is 0 Å². The monoisotopic (exact) mass is 429 g/mol. The second-order valence-electron chi connectivity index (χ2n) is 5.58. The topological polar surface area (TPSA) is 74.2 Å². The molecule has 1 heterocycles. The summed E-state index contributed by atoms with van der Waals surface area (Å²) < 4.78 is 16.5. The summed E-state index contributed by atoms with van der Waals surface area (Å²) in [5.41, 5.74) is 1.27. The molecule has 0 unspecified atom stereocenters. The molecular weight excluding hydrogens is 414 g/mol. The van der Waals surface area contributed by atoms with Gasteiger partial charge in [-0.2, -0.15) is 0 Å². The van der Waals surface area contributed by atoms with Crippen LogP contribution in [0.1, 0.15) is 24.5 Å². The number of rotatable bonds is 5. The summed E-state index contributed by atoms with van der Waals surface area (Å²) in [5.74, 6) is 0.208. The van der Waals surface area contributed by atoms with E-state index in [1.165, 1.54) is 6.08 Å². The van der Waals surface area contributed by atoms with E-state index in [2.05, 4.69) is 20.9 Å². The third kappa shape index (κ3) is 4.43. The van der Waals surface area contributed by atoms with Crippen LogP contribution < -0.4 is 9.47 Å². The molecule has 7 heteroatoms. The summed E-state index contributed by atoms with van der Waals surface area (Å²) >= 11 is 3.37. The molecule has 0 radical (unpaired) electrons. The van der Waals surface area contributed by atoms with Gasteiger partial charge in [0.25, 0.3) is 0 Å². The van der Waals surface area contributed by atoms with Gasteiger partial charge in [0.15, 0.2) is 5.70 Å². The lowest BCUT2D eigenvalue weighted by Gasteiger charge is -2.07. The third-order valence-corrected chi connectivity index (χ3v) is 4.21. The molecule has 0 spiro atoms. The molecule has 0 saturated heterocycles. The number of halogens is 1. The van der Waals surface area contributed by atoms with E-state index < -0.39 is 5.97 Å². The molecule has 0 bridgehead atoms. The lowest BCUT2D eigenvalue weighted by Crippen LogP contribution is -2.07. The van der Waals surface area contributed by atoms with Crippen LogP contribution in [-0.2, 0) is 14.3 Å². The van der Waals surface area contributed by atoms with Crippen LogP contribution in [0.4, 0.5) is 0 Å². The number of methoxy groups -OCH3 is 1. The second-order valence-corrected chi connectivity index (χ2v) is 6.49. The largest absolute Gasteiger partial charge is 0.497 e. The maximum atomic E-state index is 12.2. The highest BCUT2D eigenvalue weighted by atomic mass is 79.9. The standard InChI is InChI=1S/C20H16BrNO5/c1-3-18(23)26-17-8-7-14(21)9-13(17)11-16-20(24)27-19(22-16)12-5-4-6-15(10-12)25-2/h4-11H,3H2,1-2H3/b16-11-. The number of ether oxygens (including phenoxy) is 3. The van der Waals surface area contributed by atoms with Gasteiger partial charge in [0.05, 0.1) is 7.11 Å². The van der Waals surface area contributed by atoms with Crippen molar-refractivity contribution in [3.05, 3.63) is 63.8 Å². The Morgan fingerprint density at radius 2 is 2.07 bits per heavy atom. The number of hydrogen-bond acceptors (Lipinski definition) is 6. The zero-order valence-corrected chi connectivity index (χ0v) is 16.3. The Labute approximate surface area is 164 Å². The molecule has 1 aliphatic heterocycles. The zero-order valence-electron chi connectivity index (χ0n) is 14.7. The normalized spacial score (nSPS) is 14.7. The molecule has 27 heavy (non-hydrogen) atoms. The fourth-order valence-corrected chi connectivity index (χ4v) is 2.73. The van der Waals surface area contributed by atoms with Gasteiger partial charge in [-0.05, 0) is 42.5 Å². The summed E-state index contributed by atoms with van der Waals surface area (Å²) in [5, 5.41) is 0. The number of carbonyl (C=O) groups excluding carboxylic acids is 2. The number of benzene rings is 2. The smallest absolute Gasteiger partial charge is 0.363 e. The fraction of sp³-hybridized carbons (Fsp3) is 0.150. The number of esters is 2. The van der Waals surface area contributed by atoms with E-state index in [0.717, 1.165) is 4.47 Å². The maximum Gasteiger partial charge on any atom is 0.363 e. The van der Waals surface area contributed by atoms with Gasteiger partial charge < -0.3 is 14.2 Å². The van der Waals surface area contributed by atoms with E-state index in [9.17, 15) is 9.59 Å². The van der Waals surface area contributed by atoms with E-state index >= 15 is 0 Å². The number of cyclic esters (lactones) is 1. The van der Waals surface area contributed by atoms with Crippen molar-refractivity contribution in [1.29, 1.82) is 0 Å². The van der Waals surface area contributed by atoms with Crippen molar-refractivity contribution < 1.29 is 23.8 Å². The van der Waals surface area contributed by atoms with Crippen molar-refractivity contribution in [2.75, 3.05) is 7.11 Å². The van der Waals surface area contributed by atoms with E-state index in [4.69, 9.17) is 14.2 Å². The highest BCUT2D eigenvalue weighted by Gasteiger charge is 2.25. The first-order chi connectivity index (χ1) is 13.0. The molecule has 2 aromatic carbocycles. The molecule has 6 nitrogen and oxygen atoms in total. The molecule has 2 aromatic rings. The fourth-order valence-electron chi connectivity index (χ4n) is 2.36. The van der Waals surface area contributed by atoms with Crippen LogP contribution in [-0.4, -0.2) is 24.9 Å². The quantitative estimate of drug-likeness (QED) is 0.406. The van der Waals surface area contributed by atoms with Crippen LogP contribution in [0.3, 0.4) is 0 Å². The van der Waals surface area contributed by atoms with Gasteiger partial charge in [-0.15, -0.1) is 0 Å². The van der Waals surface area contributed by atoms with Gasteiger partial charge in [-0.25, -0.2) is 9.79 Å². The maximum absolute atomic E-state index is 12.2. The Balaban J connectivity index is 1.97. The van der Waals surface area contributed by atoms with E-state index in [1.54, 1.807) is 56.5 Å². The summed E-state index contributed by atoms with van der Waals surface area (Å²) in [6, 6.07) is 12.2. The minimum absolute atomic E-state index is 0.111. The summed E-state index contributed by atoms with van der Waals surface area (Å²) in [7, 11) is 1.55. The average molecular weight is 430 g/mol. The van der Waals surface area contributed by atoms with Gasteiger partial charge in [-0.3, -0.25) is 4.79 Å². The van der Waals surface area contributed by atoms with Gasteiger partial charge in [0.2, 0.25) is 5.90 Å². The van der Waals surface area contributed by atoms with Gasteiger partial charge in [0, 0.05) is 22.0 Å². The van der Waals surface area contributed by atoms with Crippen molar-refractivity contribution in [3.8, 4) is 11.5 Å². The molecule has 0 fully saturated rings. The summed E-state index contributed by atoms with van der Waals surface area (Å²) in [4.78, 5) is 28.1. The summed E-state index contributed by atoms with van der Waals surface area (Å²) in [6.45, 7) is 1.71. The van der Waals surface area contributed by atoms with Crippen LogP contribution in [0.2, 0.25) is 0 Å². The number of carbonyl (C=O) groups is 2. The Morgan fingerprint density at radius 3 is 2.81 bits per heavy atom. The predicted octanol–water partition coefficient (Wildman–Crippen LogP) is 4.12. The Hall–Kier alpha value is -2.93. The summed E-state index contributed by atoms with van der Waals surface area (Å²) in [6.07, 6.45) is 1.77. The Morgan fingerprint density at radius 1 is 1.26 bits per heavy atom. The Bertz CT molecular complexity index is 965. The number of hydrogen-bond donors (Lipinski definition) is 0. The van der Waals surface area contributed by atoms with Gasteiger partial charge in [0.1, 0.15) is 11.5 Å². The van der Waals surface area contributed by atoms with Crippen LogP contribution >= 0.6 is 15.9 Å². The number of nitrogens with zero attached hydrogens (tertiary/aromatic N) is 1. The molecule has 138 valence electrons. The lowest BCUT2D eigenvalue weighted by molar-refractivity contribution is -0.134. The second kappa shape index (κ2) is 8.18. The molecule has 0 atom stereocenters. The molecule has 0 saturated carbocycles. The SMILES string of the molecule is CCC(=O)Oc1ccc(Br)cc1/C=C1\N=C(c2cccc(OC)c2)OC1=O. The molecule has 1 aliphatic rings. The molecule has 0 N–H and O–H groups in total. The molecule has 0 aromatic heterocycles. The van der Waals surface area contributed by atoms with Gasteiger partial charge in [-0.1, -0.05) is 28.9 Å². The van der Waals surface area contributed by atoms with Crippen LogP contribution in [0.5, 0.6) is 11.5 Å². The highest BCUT2D eigenvalue weighted by Crippen LogP contribution is 2.28. The minimum atomic E-state index is -0.583.